The number of hydrogen-bond acceptors (Lipinski definition) is 6. The third-order valence-corrected chi connectivity index (χ3v) is 5.45. The molecule has 0 spiro atoms. The third-order valence-electron chi connectivity index (χ3n) is 5.45. The molecule has 34 heavy (non-hydrogen) atoms. The second kappa shape index (κ2) is 13.1. The molecular formula is C22H33N7O5. The number of nitrogens with two attached hydrogens (primary N) is 3. The molecule has 1 aromatic carbocycles. The number of carbonyl (C=O) groups is 4. The molecule has 0 saturated carbocycles. The van der Waals surface area contributed by atoms with Crippen LogP contribution in [0, 0.1) is 0 Å². The predicted octanol–water partition coefficient (Wildman–Crippen LogP) is -1.71. The van der Waals surface area contributed by atoms with E-state index in [4.69, 9.17) is 22.3 Å². The third kappa shape index (κ3) is 8.35. The number of benzene rings is 1. The average molecular weight is 476 g/mol. The van der Waals surface area contributed by atoms with Crippen molar-refractivity contribution in [2.24, 2.45) is 22.2 Å². The fourth-order valence-electron chi connectivity index (χ4n) is 3.76. The number of hydrogen-bond donors (Lipinski definition) is 6. The first-order valence-electron chi connectivity index (χ1n) is 11.1. The van der Waals surface area contributed by atoms with Crippen molar-refractivity contribution in [1.29, 1.82) is 0 Å². The lowest BCUT2D eigenvalue weighted by Gasteiger charge is -2.29. The fraction of sp³-hybridized carbons (Fsp3) is 0.500. The second-order valence-corrected chi connectivity index (χ2v) is 8.11. The van der Waals surface area contributed by atoms with Crippen molar-refractivity contribution < 1.29 is 24.3 Å². The number of carboxylic acid groups (broad SMARTS) is 1. The summed E-state index contributed by atoms with van der Waals surface area (Å²) in [6.07, 6.45) is 2.02. The van der Waals surface area contributed by atoms with Gasteiger partial charge in [0.15, 0.2) is 5.96 Å². The monoisotopic (exact) mass is 475 g/mol. The molecule has 1 saturated heterocycles. The number of aliphatic carboxylic acids is 1. The van der Waals surface area contributed by atoms with Gasteiger partial charge >= 0.3 is 5.97 Å². The lowest BCUT2D eigenvalue weighted by molar-refractivity contribution is -0.142. The Morgan fingerprint density at radius 3 is 2.53 bits per heavy atom. The van der Waals surface area contributed by atoms with E-state index in [1.807, 2.05) is 30.3 Å². The largest absolute Gasteiger partial charge is 0.480 e. The van der Waals surface area contributed by atoms with Crippen LogP contribution in [0.15, 0.2) is 35.3 Å². The van der Waals surface area contributed by atoms with Gasteiger partial charge in [0.2, 0.25) is 17.7 Å². The fourth-order valence-corrected chi connectivity index (χ4v) is 3.76. The van der Waals surface area contributed by atoms with Gasteiger partial charge in [0.25, 0.3) is 0 Å². The van der Waals surface area contributed by atoms with Crippen molar-refractivity contribution in [2.45, 2.75) is 50.2 Å². The summed E-state index contributed by atoms with van der Waals surface area (Å²) in [6.45, 7) is 0.128. The first-order chi connectivity index (χ1) is 16.2. The molecule has 1 fully saturated rings. The van der Waals surface area contributed by atoms with Gasteiger partial charge in [-0.15, -0.1) is 0 Å². The van der Waals surface area contributed by atoms with E-state index in [0.717, 1.165) is 5.56 Å². The van der Waals surface area contributed by atoms with Crippen molar-refractivity contribution >= 4 is 29.7 Å². The van der Waals surface area contributed by atoms with Gasteiger partial charge in [-0.05, 0) is 31.2 Å². The molecule has 3 unspecified atom stereocenters. The van der Waals surface area contributed by atoms with E-state index in [0.29, 0.717) is 38.8 Å². The van der Waals surface area contributed by atoms with E-state index in [-0.39, 0.29) is 12.4 Å². The van der Waals surface area contributed by atoms with Crippen molar-refractivity contribution in [3.63, 3.8) is 0 Å². The topological polar surface area (TPSA) is 206 Å². The van der Waals surface area contributed by atoms with E-state index in [9.17, 15) is 19.2 Å². The number of carboxylic acids is 1. The van der Waals surface area contributed by atoms with Crippen molar-refractivity contribution in [3.05, 3.63) is 35.9 Å². The first kappa shape index (κ1) is 26.6. The van der Waals surface area contributed by atoms with Crippen LogP contribution < -0.4 is 27.8 Å². The lowest BCUT2D eigenvalue weighted by Crippen LogP contribution is -2.56. The summed E-state index contributed by atoms with van der Waals surface area (Å²) in [4.78, 5) is 54.7. The van der Waals surface area contributed by atoms with Crippen LogP contribution in [0.2, 0.25) is 0 Å². The summed E-state index contributed by atoms with van der Waals surface area (Å²) in [5, 5.41) is 13.9. The highest BCUT2D eigenvalue weighted by Crippen LogP contribution is 2.20. The quantitative estimate of drug-likeness (QED) is 0.116. The molecule has 1 aliphatic heterocycles. The molecule has 1 heterocycles. The van der Waals surface area contributed by atoms with Crippen LogP contribution in [0.25, 0.3) is 0 Å². The molecule has 0 radical (unpaired) electrons. The highest BCUT2D eigenvalue weighted by Gasteiger charge is 2.38. The summed E-state index contributed by atoms with van der Waals surface area (Å²) < 4.78 is 0. The minimum absolute atomic E-state index is 0.0425. The smallest absolute Gasteiger partial charge is 0.322 e. The SMILES string of the molecule is NC(N)=NCCCC(N)C(=O)NC(Cc1ccccc1)C(=O)N1CCCC1C(=O)NCC(=O)O. The Labute approximate surface area is 197 Å². The van der Waals surface area contributed by atoms with Crippen LogP contribution in [0.5, 0.6) is 0 Å². The predicted molar refractivity (Wildman–Crippen MR) is 125 cm³/mol. The summed E-state index contributed by atoms with van der Waals surface area (Å²) in [5.74, 6) is -2.66. The Balaban J connectivity index is 2.10. The van der Waals surface area contributed by atoms with Crippen molar-refractivity contribution in [1.82, 2.24) is 15.5 Å². The summed E-state index contributed by atoms with van der Waals surface area (Å²) in [6, 6.07) is 6.56. The molecule has 0 aromatic heterocycles. The number of guanidine groups is 1. The number of nitrogens with one attached hydrogen (secondary N) is 2. The van der Waals surface area contributed by atoms with E-state index in [1.165, 1.54) is 4.90 Å². The number of rotatable bonds is 12. The first-order valence-corrected chi connectivity index (χ1v) is 11.1. The summed E-state index contributed by atoms with van der Waals surface area (Å²) in [7, 11) is 0. The van der Waals surface area contributed by atoms with E-state index < -0.39 is 48.4 Å². The standard InChI is InChI=1S/C22H33N7O5/c23-15(8-4-10-26-22(24)25)19(32)28-16(12-14-6-2-1-3-7-14)21(34)29-11-5-9-17(29)20(33)27-13-18(30)31/h1-3,6-7,15-17H,4-5,8-13,23H2,(H,27,33)(H,28,32)(H,30,31)(H4,24,25,26). The zero-order valence-electron chi connectivity index (χ0n) is 19.0. The number of aliphatic imine (C=N–C) groups is 1. The molecule has 0 aliphatic carbocycles. The number of nitrogens with zero attached hydrogens (tertiary/aromatic N) is 2. The van der Waals surface area contributed by atoms with Gasteiger partial charge < -0.3 is 37.8 Å². The maximum atomic E-state index is 13.4. The van der Waals surface area contributed by atoms with E-state index in [1.54, 1.807) is 0 Å². The number of carbonyl (C=O) groups excluding carboxylic acids is 3. The zero-order chi connectivity index (χ0) is 25.1. The number of likely N-dealkylation sites (tertiary alicyclic amines) is 1. The summed E-state index contributed by atoms with van der Waals surface area (Å²) >= 11 is 0. The van der Waals surface area contributed by atoms with Gasteiger partial charge in [-0.25, -0.2) is 0 Å². The highest BCUT2D eigenvalue weighted by atomic mass is 16.4. The molecule has 12 nitrogen and oxygen atoms in total. The van der Waals surface area contributed by atoms with E-state index in [2.05, 4.69) is 15.6 Å². The maximum Gasteiger partial charge on any atom is 0.322 e. The summed E-state index contributed by atoms with van der Waals surface area (Å²) in [5.41, 5.74) is 17.4. The molecule has 3 atom stereocenters. The minimum Gasteiger partial charge on any atom is -0.480 e. The second-order valence-electron chi connectivity index (χ2n) is 8.11. The normalized spacial score (nSPS) is 16.9. The highest BCUT2D eigenvalue weighted by molar-refractivity contribution is 5.94. The molecular weight excluding hydrogens is 442 g/mol. The Morgan fingerprint density at radius 2 is 1.88 bits per heavy atom. The van der Waals surface area contributed by atoms with Crippen LogP contribution in [0.3, 0.4) is 0 Å². The number of amides is 3. The molecule has 3 amide bonds. The lowest BCUT2D eigenvalue weighted by atomic mass is 10.0. The van der Waals surface area contributed by atoms with Gasteiger partial charge in [-0.2, -0.15) is 0 Å². The van der Waals surface area contributed by atoms with E-state index >= 15 is 0 Å². The van der Waals surface area contributed by atoms with Gasteiger partial charge in [0, 0.05) is 19.5 Å². The molecule has 1 aliphatic rings. The molecule has 0 bridgehead atoms. The average Bonchev–Trinajstić information content (AvgIpc) is 3.29. The Hall–Kier alpha value is -3.67. The molecule has 186 valence electrons. The molecule has 9 N–H and O–H groups in total. The molecule has 2 rings (SSSR count). The van der Waals surface area contributed by atoms with Crippen LogP contribution in [-0.4, -0.2) is 77.4 Å². The van der Waals surface area contributed by atoms with Gasteiger partial charge in [-0.3, -0.25) is 24.2 Å². The minimum atomic E-state index is -1.17. The van der Waals surface area contributed by atoms with Crippen LogP contribution >= 0.6 is 0 Å². The van der Waals surface area contributed by atoms with Gasteiger partial charge in [0.1, 0.15) is 18.6 Å². The zero-order valence-corrected chi connectivity index (χ0v) is 19.0. The van der Waals surface area contributed by atoms with Crippen molar-refractivity contribution in [2.75, 3.05) is 19.6 Å². The van der Waals surface area contributed by atoms with Crippen molar-refractivity contribution in [3.8, 4) is 0 Å². The van der Waals surface area contributed by atoms with Gasteiger partial charge in [0.05, 0.1) is 6.04 Å². The van der Waals surface area contributed by atoms with Gasteiger partial charge in [-0.1, -0.05) is 30.3 Å². The molecule has 12 heteroatoms. The van der Waals surface area contributed by atoms with Crippen LogP contribution in [-0.2, 0) is 25.6 Å². The molecule has 1 aromatic rings. The van der Waals surface area contributed by atoms with Crippen LogP contribution in [0.4, 0.5) is 0 Å². The Bertz CT molecular complexity index is 889. The van der Waals surface area contributed by atoms with Crippen LogP contribution in [0.1, 0.15) is 31.2 Å². The Kier molecular flexibility index (Phi) is 10.3. The Morgan fingerprint density at radius 1 is 1.18 bits per heavy atom. The maximum absolute atomic E-state index is 13.4.